The molecule has 0 heterocycles. The summed E-state index contributed by atoms with van der Waals surface area (Å²) in [5, 5.41) is 17.7. The molecule has 2 unspecified atom stereocenters. The zero-order chi connectivity index (χ0) is 18.1. The van der Waals surface area contributed by atoms with Gasteiger partial charge < -0.3 is 29.8 Å². The maximum Gasteiger partial charge on any atom is 0.340 e. The fraction of sp³-hybridized carbons (Fsp3) is 0.714. The van der Waals surface area contributed by atoms with Crippen molar-refractivity contribution >= 4 is 37.0 Å². The van der Waals surface area contributed by atoms with Gasteiger partial charge in [0.25, 0.3) is 0 Å². The number of carboxylic acids is 2. The standard InChI is InChI=1S/C7H14O12P2S/c1-22(18,19)2-3(4(6(8)9)20(12,13)14)5(7(10)11)21(15,16)17/h3-5H,2H2,1H3,(H,8,9)(H,10,11)(H2,12,13,14)(H2,15,16,17). The maximum atomic E-state index is 11.3. The largest absolute Gasteiger partial charge is 0.481 e. The number of aliphatic carboxylic acids is 2. The van der Waals surface area contributed by atoms with Crippen LogP contribution in [0.1, 0.15) is 0 Å². The summed E-state index contributed by atoms with van der Waals surface area (Å²) in [5.74, 6) is -8.54. The Bertz CT molecular complexity index is 600. The molecule has 0 radical (unpaired) electrons. The van der Waals surface area contributed by atoms with E-state index < -0.39 is 60.0 Å². The third-order valence-electron chi connectivity index (χ3n) is 2.54. The van der Waals surface area contributed by atoms with Crippen LogP contribution in [-0.4, -0.2) is 73.5 Å². The summed E-state index contributed by atoms with van der Waals surface area (Å²) in [7, 11) is -15.4. The van der Waals surface area contributed by atoms with Gasteiger partial charge in [-0.2, -0.15) is 0 Å². The summed E-state index contributed by atoms with van der Waals surface area (Å²) in [6.07, 6.45) is 0.497. The number of rotatable bonds is 8. The molecule has 0 saturated carbocycles. The lowest BCUT2D eigenvalue weighted by Gasteiger charge is -2.29. The maximum absolute atomic E-state index is 11.3. The lowest BCUT2D eigenvalue weighted by atomic mass is 10.0. The van der Waals surface area contributed by atoms with Crippen LogP contribution in [0.3, 0.4) is 0 Å². The Morgan fingerprint density at radius 1 is 0.909 bits per heavy atom. The number of sulfone groups is 1. The molecule has 130 valence electrons. The minimum Gasteiger partial charge on any atom is -0.481 e. The number of hydrogen-bond donors (Lipinski definition) is 6. The summed E-state index contributed by atoms with van der Waals surface area (Å²) >= 11 is 0. The van der Waals surface area contributed by atoms with E-state index in [1.807, 2.05) is 0 Å². The first-order valence-electron chi connectivity index (χ1n) is 5.22. The average molecular weight is 384 g/mol. The molecule has 0 spiro atoms. The van der Waals surface area contributed by atoms with E-state index in [1.54, 1.807) is 0 Å². The fourth-order valence-electron chi connectivity index (χ4n) is 1.86. The molecule has 0 saturated heterocycles. The van der Waals surface area contributed by atoms with Gasteiger partial charge >= 0.3 is 27.1 Å². The zero-order valence-electron chi connectivity index (χ0n) is 10.9. The molecule has 2 atom stereocenters. The van der Waals surface area contributed by atoms with E-state index in [-0.39, 0.29) is 0 Å². The van der Waals surface area contributed by atoms with Crippen molar-refractivity contribution < 1.29 is 56.9 Å². The van der Waals surface area contributed by atoms with Gasteiger partial charge in [-0.25, -0.2) is 8.42 Å². The molecule has 0 aromatic heterocycles. The fourth-order valence-corrected chi connectivity index (χ4v) is 5.49. The molecule has 0 aliphatic carbocycles. The minimum absolute atomic E-state index is 0.497. The Kier molecular flexibility index (Phi) is 6.50. The third kappa shape index (κ3) is 6.13. The zero-order valence-corrected chi connectivity index (χ0v) is 13.5. The molecular formula is C7H14O12P2S. The Morgan fingerprint density at radius 2 is 1.18 bits per heavy atom. The average Bonchev–Trinajstić information content (AvgIpc) is 2.06. The highest BCUT2D eigenvalue weighted by Gasteiger charge is 2.54. The van der Waals surface area contributed by atoms with Gasteiger partial charge in [0.05, 0.1) is 5.75 Å². The lowest BCUT2D eigenvalue weighted by Crippen LogP contribution is -2.44. The van der Waals surface area contributed by atoms with Crippen LogP contribution in [0.15, 0.2) is 0 Å². The van der Waals surface area contributed by atoms with E-state index in [0.29, 0.717) is 6.26 Å². The molecule has 0 bridgehead atoms. The molecule has 15 heteroatoms. The van der Waals surface area contributed by atoms with Gasteiger partial charge in [-0.05, 0) is 0 Å². The highest BCUT2D eigenvalue weighted by atomic mass is 32.2. The van der Waals surface area contributed by atoms with Crippen molar-refractivity contribution in [3.8, 4) is 0 Å². The van der Waals surface area contributed by atoms with Gasteiger partial charge in [0.15, 0.2) is 11.3 Å². The van der Waals surface area contributed by atoms with Gasteiger partial charge in [-0.1, -0.05) is 0 Å². The van der Waals surface area contributed by atoms with Crippen LogP contribution in [0, 0.1) is 5.92 Å². The molecular weight excluding hydrogens is 370 g/mol. The molecule has 6 N–H and O–H groups in total. The van der Waals surface area contributed by atoms with Crippen molar-refractivity contribution in [1.82, 2.24) is 0 Å². The van der Waals surface area contributed by atoms with E-state index in [1.165, 1.54) is 0 Å². The second-order valence-corrected chi connectivity index (χ2v) is 10.2. The van der Waals surface area contributed by atoms with Crippen LogP contribution < -0.4 is 0 Å². The monoisotopic (exact) mass is 384 g/mol. The molecule has 0 fully saturated rings. The normalized spacial score (nSPS) is 17.5. The van der Waals surface area contributed by atoms with E-state index in [2.05, 4.69) is 0 Å². The SMILES string of the molecule is CS(=O)(=O)CC(C(C(=O)O)P(=O)(O)O)C(C(=O)O)P(=O)(O)O. The predicted molar refractivity (Wildman–Crippen MR) is 70.1 cm³/mol. The van der Waals surface area contributed by atoms with Crippen molar-refractivity contribution in [1.29, 1.82) is 0 Å². The van der Waals surface area contributed by atoms with E-state index in [9.17, 15) is 27.1 Å². The number of carboxylic acid groups (broad SMARTS) is 2. The molecule has 0 amide bonds. The molecule has 0 aliphatic heterocycles. The summed E-state index contributed by atoms with van der Waals surface area (Å²) < 4.78 is 45.0. The molecule has 0 aromatic carbocycles. The summed E-state index contributed by atoms with van der Waals surface area (Å²) in [5.41, 5.74) is -5.81. The molecule has 12 nitrogen and oxygen atoms in total. The Morgan fingerprint density at radius 3 is 1.32 bits per heavy atom. The van der Waals surface area contributed by atoms with Crippen LogP contribution in [0.4, 0.5) is 0 Å². The Labute approximate surface area is 124 Å². The van der Waals surface area contributed by atoms with Gasteiger partial charge in [0.2, 0.25) is 0 Å². The second kappa shape index (κ2) is 6.75. The van der Waals surface area contributed by atoms with Crippen LogP contribution >= 0.6 is 15.2 Å². The first-order chi connectivity index (χ1) is 9.48. The van der Waals surface area contributed by atoms with Crippen LogP contribution in [-0.2, 0) is 28.6 Å². The van der Waals surface area contributed by atoms with Gasteiger partial charge in [0, 0.05) is 12.2 Å². The topological polar surface area (TPSA) is 224 Å². The van der Waals surface area contributed by atoms with Crippen LogP contribution in [0.2, 0.25) is 0 Å². The van der Waals surface area contributed by atoms with Crippen LogP contribution in [0.25, 0.3) is 0 Å². The minimum atomic E-state index is -5.61. The van der Waals surface area contributed by atoms with Crippen LogP contribution in [0.5, 0.6) is 0 Å². The van der Waals surface area contributed by atoms with Crippen molar-refractivity contribution in [3.63, 3.8) is 0 Å². The highest BCUT2D eigenvalue weighted by molar-refractivity contribution is 7.90. The smallest absolute Gasteiger partial charge is 0.340 e. The lowest BCUT2D eigenvalue weighted by molar-refractivity contribution is -0.140. The van der Waals surface area contributed by atoms with E-state index in [0.717, 1.165) is 0 Å². The molecule has 0 aromatic rings. The van der Waals surface area contributed by atoms with E-state index >= 15 is 0 Å². The van der Waals surface area contributed by atoms with Gasteiger partial charge in [-0.3, -0.25) is 18.7 Å². The van der Waals surface area contributed by atoms with Crippen molar-refractivity contribution in [2.75, 3.05) is 12.0 Å². The second-order valence-electron chi connectivity index (χ2n) is 4.50. The summed E-state index contributed by atoms with van der Waals surface area (Å²) in [4.78, 5) is 58.0. The van der Waals surface area contributed by atoms with Gasteiger partial charge in [0.1, 0.15) is 9.84 Å². The van der Waals surface area contributed by atoms with Crippen molar-refractivity contribution in [2.45, 2.75) is 11.3 Å². The first kappa shape index (κ1) is 21.2. The predicted octanol–water partition coefficient (Wildman–Crippen LogP) is -2.09. The quantitative estimate of drug-likeness (QED) is 0.248. The van der Waals surface area contributed by atoms with Gasteiger partial charge in [-0.15, -0.1) is 0 Å². The molecule has 0 aliphatic rings. The summed E-state index contributed by atoms with van der Waals surface area (Å²) in [6.45, 7) is 0. The van der Waals surface area contributed by atoms with Crippen molar-refractivity contribution in [3.05, 3.63) is 0 Å². The molecule has 22 heavy (non-hydrogen) atoms. The van der Waals surface area contributed by atoms with Crippen molar-refractivity contribution in [2.24, 2.45) is 5.92 Å². The third-order valence-corrected chi connectivity index (χ3v) is 6.18. The van der Waals surface area contributed by atoms with E-state index in [4.69, 9.17) is 29.8 Å². The summed E-state index contributed by atoms with van der Waals surface area (Å²) in [6, 6.07) is 0. The number of carbonyl (C=O) groups is 2. The number of hydrogen-bond acceptors (Lipinski definition) is 6. The Balaban J connectivity index is 6.35. The highest BCUT2D eigenvalue weighted by Crippen LogP contribution is 2.53. The Hall–Kier alpha value is -0.810. The first-order valence-corrected chi connectivity index (χ1v) is 10.6. The molecule has 0 rings (SSSR count).